The molecule has 0 amide bonds. The van der Waals surface area contributed by atoms with Gasteiger partial charge in [0, 0.05) is 0 Å². The number of unbranched alkanes of at least 4 members (excludes halogenated alkanes) is 30. The highest BCUT2D eigenvalue weighted by Gasteiger charge is 2.06. The molecule has 0 aromatic carbocycles. The van der Waals surface area contributed by atoms with Crippen LogP contribution < -0.4 is 0 Å². The van der Waals surface area contributed by atoms with Gasteiger partial charge < -0.3 is 4.90 Å². The highest BCUT2D eigenvalue weighted by atomic mass is 27.2. The summed E-state index contributed by atoms with van der Waals surface area (Å²) in [7, 11) is 2.34. The van der Waals surface area contributed by atoms with E-state index in [9.17, 15) is 0 Å². The second-order valence-electron chi connectivity index (χ2n) is 15.0. The van der Waals surface area contributed by atoms with Gasteiger partial charge in [-0.2, -0.15) is 0 Å². The van der Waals surface area contributed by atoms with Crippen LogP contribution in [0.25, 0.3) is 0 Å². The van der Waals surface area contributed by atoms with Crippen molar-refractivity contribution < 1.29 is 0 Å². The van der Waals surface area contributed by atoms with Gasteiger partial charge in [0.25, 0.3) is 14.1 Å². The lowest BCUT2D eigenvalue weighted by Gasteiger charge is -2.16. The molecule has 0 N–H and O–H groups in total. The van der Waals surface area contributed by atoms with Crippen LogP contribution in [-0.4, -0.2) is 39.2 Å². The first-order valence-electron chi connectivity index (χ1n) is 21.8. The summed E-state index contributed by atoms with van der Waals surface area (Å²) in [5.74, 6) is 0. The van der Waals surface area contributed by atoms with E-state index in [2.05, 4.69) is 46.6 Å². The Balaban J connectivity index is 0. The maximum Gasteiger partial charge on any atom is 0.261 e. The molecule has 0 saturated heterocycles. The molecule has 272 valence electrons. The molecule has 0 heterocycles. The molecule has 0 aromatic heterocycles. The van der Waals surface area contributed by atoms with Gasteiger partial charge in [0.05, 0.1) is 0 Å². The molecule has 0 aliphatic heterocycles. The van der Waals surface area contributed by atoms with Crippen molar-refractivity contribution in [2.24, 2.45) is 0 Å². The summed E-state index contributed by atoms with van der Waals surface area (Å²) >= 11 is -0.171. The normalized spacial score (nSPS) is 11.3. The Morgan fingerprint density at radius 1 is 0.267 bits per heavy atom. The average Bonchev–Trinajstić information content (AvgIpc) is 3.05. The molecule has 0 saturated carbocycles. The van der Waals surface area contributed by atoms with E-state index >= 15 is 0 Å². The molecular weight excluding hydrogens is 557 g/mol. The second kappa shape index (κ2) is 44.5. The predicted octanol–water partition coefficient (Wildman–Crippen LogP) is 16.0. The van der Waals surface area contributed by atoms with Crippen LogP contribution in [0.1, 0.15) is 240 Å². The van der Waals surface area contributed by atoms with E-state index in [1.807, 2.05) is 0 Å². The molecule has 0 radical (unpaired) electrons. The van der Waals surface area contributed by atoms with E-state index in [4.69, 9.17) is 0 Å². The highest BCUT2D eigenvalue weighted by molar-refractivity contribution is 6.58. The molecule has 0 bridgehead atoms. The minimum atomic E-state index is -0.171. The molecule has 0 aliphatic carbocycles. The Labute approximate surface area is 294 Å². The van der Waals surface area contributed by atoms with Crippen molar-refractivity contribution in [3.63, 3.8) is 0 Å². The first-order valence-corrected chi connectivity index (χ1v) is 24.3. The summed E-state index contributed by atoms with van der Waals surface area (Å²) in [5.41, 5.74) is 0. The molecule has 0 rings (SSSR count). The van der Waals surface area contributed by atoms with E-state index in [0.717, 1.165) is 0 Å². The van der Waals surface area contributed by atoms with Gasteiger partial charge in [0.15, 0.2) is 0 Å². The first-order chi connectivity index (χ1) is 22.2. The van der Waals surface area contributed by atoms with Crippen LogP contribution in [0.2, 0.25) is 15.8 Å². The summed E-state index contributed by atoms with van der Waals surface area (Å²) in [6.07, 6.45) is 46.8. The molecule has 45 heavy (non-hydrogen) atoms. The standard InChI is InChI=1S/C37H77N.3C2H5.Al/c1-4-6-8-10-12-14-16-18-20-22-24-26-28-30-32-34-36-38(3)37-35-33-31-29-27-25-23-21-19-17-15-13-11-9-7-5-2;3*1-2;/h4-37H2,1-3H3;3*1H2,2H3;. The summed E-state index contributed by atoms with van der Waals surface area (Å²) in [4.78, 5) is 2.59. The number of rotatable bonds is 37. The Hall–Kier alpha value is 0.492. The van der Waals surface area contributed by atoms with E-state index in [1.165, 1.54) is 234 Å². The molecular formula is C43H92AlN. The fourth-order valence-corrected chi connectivity index (χ4v) is 8.57. The monoisotopic (exact) mass is 650 g/mol. The molecule has 0 spiro atoms. The van der Waals surface area contributed by atoms with Crippen LogP contribution >= 0.6 is 0 Å². The van der Waals surface area contributed by atoms with Gasteiger partial charge in [0.2, 0.25) is 0 Å². The third-order valence-corrected chi connectivity index (χ3v) is 14.0. The zero-order chi connectivity index (χ0) is 33.3. The van der Waals surface area contributed by atoms with E-state index in [1.54, 1.807) is 0 Å². The maximum absolute atomic E-state index is 2.59. The van der Waals surface area contributed by atoms with Gasteiger partial charge in [-0.25, -0.2) is 0 Å². The van der Waals surface area contributed by atoms with Crippen molar-refractivity contribution >= 4 is 14.1 Å². The molecule has 0 aromatic rings. The van der Waals surface area contributed by atoms with Gasteiger partial charge in [-0.05, 0) is 33.0 Å². The number of nitrogens with zero attached hydrogens (tertiary/aromatic N) is 1. The summed E-state index contributed by atoms with van der Waals surface area (Å²) in [5, 5.41) is 4.48. The van der Waals surface area contributed by atoms with Gasteiger partial charge >= 0.3 is 0 Å². The topological polar surface area (TPSA) is 3.24 Å². The van der Waals surface area contributed by atoms with Gasteiger partial charge in [-0.15, -0.1) is 0 Å². The van der Waals surface area contributed by atoms with Crippen LogP contribution in [0.4, 0.5) is 0 Å². The van der Waals surface area contributed by atoms with Crippen LogP contribution in [0.15, 0.2) is 0 Å². The van der Waals surface area contributed by atoms with Crippen LogP contribution in [0.3, 0.4) is 0 Å². The lowest BCUT2D eigenvalue weighted by atomic mass is 10.0. The van der Waals surface area contributed by atoms with Crippen LogP contribution in [0.5, 0.6) is 0 Å². The van der Waals surface area contributed by atoms with E-state index in [-0.39, 0.29) is 14.1 Å². The van der Waals surface area contributed by atoms with Crippen LogP contribution in [0, 0.1) is 0 Å². The molecule has 0 fully saturated rings. The highest BCUT2D eigenvalue weighted by Crippen LogP contribution is 2.15. The summed E-state index contributed by atoms with van der Waals surface area (Å²) in [6, 6.07) is 0. The number of hydrogen-bond donors (Lipinski definition) is 0. The summed E-state index contributed by atoms with van der Waals surface area (Å²) in [6.45, 7) is 14.2. The Kier molecular flexibility index (Phi) is 47.1. The van der Waals surface area contributed by atoms with E-state index in [0.29, 0.717) is 0 Å². The molecule has 1 nitrogen and oxygen atoms in total. The molecule has 0 unspecified atom stereocenters. The van der Waals surface area contributed by atoms with Crippen molar-refractivity contribution in [1.82, 2.24) is 4.90 Å². The van der Waals surface area contributed by atoms with Crippen molar-refractivity contribution in [3.05, 3.63) is 0 Å². The minimum Gasteiger partial charge on any atom is -0.306 e. The van der Waals surface area contributed by atoms with Crippen molar-refractivity contribution in [2.75, 3.05) is 20.1 Å². The zero-order valence-electron chi connectivity index (χ0n) is 33.2. The Bertz CT molecular complexity index is 435. The van der Waals surface area contributed by atoms with Crippen molar-refractivity contribution in [1.29, 1.82) is 0 Å². The quantitative estimate of drug-likeness (QED) is 0.0478. The van der Waals surface area contributed by atoms with Gasteiger partial charge in [-0.3, -0.25) is 0 Å². The largest absolute Gasteiger partial charge is 0.306 e. The first kappa shape index (κ1) is 47.6. The van der Waals surface area contributed by atoms with E-state index < -0.39 is 0 Å². The summed E-state index contributed by atoms with van der Waals surface area (Å²) < 4.78 is 0. The Morgan fingerprint density at radius 2 is 0.444 bits per heavy atom. The molecule has 0 aliphatic rings. The zero-order valence-corrected chi connectivity index (χ0v) is 34.3. The third kappa shape index (κ3) is 44.5. The van der Waals surface area contributed by atoms with Crippen molar-refractivity contribution in [2.45, 2.75) is 256 Å². The van der Waals surface area contributed by atoms with Gasteiger partial charge in [-0.1, -0.05) is 243 Å². The lowest BCUT2D eigenvalue weighted by Crippen LogP contribution is -2.20. The smallest absolute Gasteiger partial charge is 0.261 e. The fourth-order valence-electron chi connectivity index (χ4n) is 6.84. The predicted molar refractivity (Wildman–Crippen MR) is 214 cm³/mol. The van der Waals surface area contributed by atoms with Crippen LogP contribution in [-0.2, 0) is 0 Å². The molecule has 0 atom stereocenters. The number of hydrogen-bond acceptors (Lipinski definition) is 1. The third-order valence-electron chi connectivity index (χ3n) is 10.5. The maximum atomic E-state index is 2.59. The SMILES string of the molecule is CCCCCCCCCCCCCCCCCCN(C)CCCCCCCCCCCCCCCCCC.C[CH2][Al]([CH2]C)[CH2]C. The van der Waals surface area contributed by atoms with Gasteiger partial charge in [0.1, 0.15) is 0 Å². The Morgan fingerprint density at radius 3 is 0.600 bits per heavy atom. The lowest BCUT2D eigenvalue weighted by molar-refractivity contribution is 0.314. The minimum absolute atomic E-state index is 0.171. The second-order valence-corrected chi connectivity index (χ2v) is 19.2. The molecule has 2 heteroatoms. The fraction of sp³-hybridized carbons (Fsp3) is 1.00. The average molecular weight is 650 g/mol. The van der Waals surface area contributed by atoms with Crippen molar-refractivity contribution in [3.8, 4) is 0 Å².